The molecule has 1 aromatic rings. The molecule has 8 heteroatoms. The molecule has 0 atom stereocenters. The van der Waals surface area contributed by atoms with Crippen LogP contribution in [0.5, 0.6) is 17.2 Å². The first kappa shape index (κ1) is 13.2. The number of rotatable bonds is 3. The molecule has 1 aromatic carbocycles. The van der Waals surface area contributed by atoms with Gasteiger partial charge in [0.25, 0.3) is 0 Å². The van der Waals surface area contributed by atoms with Gasteiger partial charge in [0, 0.05) is 16.2 Å². The van der Waals surface area contributed by atoms with Crippen LogP contribution in [0, 0.1) is 5.82 Å². The monoisotopic (exact) mass is 296 g/mol. The van der Waals surface area contributed by atoms with Gasteiger partial charge in [0.15, 0.2) is 11.5 Å². The van der Waals surface area contributed by atoms with E-state index in [2.05, 4.69) is 0 Å². The summed E-state index contributed by atoms with van der Waals surface area (Å²) in [6, 6.07) is 1.36. The molecule has 5 nitrogen and oxygen atoms in total. The third-order valence-electron chi connectivity index (χ3n) is 2.34. The summed E-state index contributed by atoms with van der Waals surface area (Å²) in [5.41, 5.74) is 0.0919. The lowest BCUT2D eigenvalue weighted by molar-refractivity contribution is 0.162. The van der Waals surface area contributed by atoms with Crippen LogP contribution in [-0.4, -0.2) is 28.7 Å². The largest absolute Gasteiger partial charge is 0.493 e. The standard InChI is InChI=1S/C10H10ClFO5S/c1-15-9-6(5-18(11,13)14)4-7-10(8(9)12)17-3-2-16-7/h4H,2-3,5H2,1H3. The minimum atomic E-state index is -3.82. The fourth-order valence-corrected chi connectivity index (χ4v) is 2.63. The molecule has 0 fully saturated rings. The summed E-state index contributed by atoms with van der Waals surface area (Å²) in [6.07, 6.45) is 0. The summed E-state index contributed by atoms with van der Waals surface area (Å²) in [7, 11) is 2.57. The summed E-state index contributed by atoms with van der Waals surface area (Å²) in [4.78, 5) is 0. The predicted octanol–water partition coefficient (Wildman–Crippen LogP) is 1.67. The Morgan fingerprint density at radius 3 is 2.72 bits per heavy atom. The van der Waals surface area contributed by atoms with Crippen molar-refractivity contribution >= 4 is 19.7 Å². The highest BCUT2D eigenvalue weighted by atomic mass is 35.7. The highest BCUT2D eigenvalue weighted by Crippen LogP contribution is 2.41. The average Bonchev–Trinajstić information content (AvgIpc) is 2.27. The molecule has 0 bridgehead atoms. The third kappa shape index (κ3) is 2.62. The average molecular weight is 297 g/mol. The molecule has 18 heavy (non-hydrogen) atoms. The number of hydrogen-bond donors (Lipinski definition) is 0. The van der Waals surface area contributed by atoms with Gasteiger partial charge in [-0.05, 0) is 6.07 Å². The molecule has 0 saturated heterocycles. The van der Waals surface area contributed by atoms with E-state index in [1.165, 1.54) is 13.2 Å². The van der Waals surface area contributed by atoms with Crippen molar-refractivity contribution < 1.29 is 27.0 Å². The van der Waals surface area contributed by atoms with E-state index in [-0.39, 0.29) is 36.0 Å². The van der Waals surface area contributed by atoms with Gasteiger partial charge in [-0.2, -0.15) is 4.39 Å². The second-order valence-corrected chi connectivity index (χ2v) is 6.37. The maximum absolute atomic E-state index is 14.0. The van der Waals surface area contributed by atoms with Crippen molar-refractivity contribution in [3.63, 3.8) is 0 Å². The van der Waals surface area contributed by atoms with Gasteiger partial charge in [-0.15, -0.1) is 0 Å². The van der Waals surface area contributed by atoms with Gasteiger partial charge in [-0.25, -0.2) is 8.42 Å². The predicted molar refractivity (Wildman–Crippen MR) is 62.4 cm³/mol. The molecular formula is C10H10ClFO5S. The van der Waals surface area contributed by atoms with Crippen molar-refractivity contribution in [2.45, 2.75) is 5.75 Å². The lowest BCUT2D eigenvalue weighted by Gasteiger charge is -2.21. The van der Waals surface area contributed by atoms with Crippen LogP contribution >= 0.6 is 10.7 Å². The van der Waals surface area contributed by atoms with Crippen molar-refractivity contribution in [2.75, 3.05) is 20.3 Å². The second kappa shape index (κ2) is 4.81. The van der Waals surface area contributed by atoms with E-state index in [0.717, 1.165) is 0 Å². The van der Waals surface area contributed by atoms with Gasteiger partial charge >= 0.3 is 0 Å². The molecule has 1 aliphatic heterocycles. The Morgan fingerprint density at radius 1 is 1.44 bits per heavy atom. The van der Waals surface area contributed by atoms with Crippen LogP contribution in [0.3, 0.4) is 0 Å². The van der Waals surface area contributed by atoms with E-state index in [1.54, 1.807) is 0 Å². The van der Waals surface area contributed by atoms with Crippen LogP contribution in [0.25, 0.3) is 0 Å². The zero-order valence-corrected chi connectivity index (χ0v) is 11.0. The zero-order chi connectivity index (χ0) is 13.3. The van der Waals surface area contributed by atoms with Crippen LogP contribution in [0.15, 0.2) is 6.07 Å². The number of halogens is 2. The van der Waals surface area contributed by atoms with Crippen LogP contribution in [-0.2, 0) is 14.8 Å². The Kier molecular flexibility index (Phi) is 3.54. The van der Waals surface area contributed by atoms with Crippen molar-refractivity contribution in [3.05, 3.63) is 17.4 Å². The molecule has 0 N–H and O–H groups in total. The Hall–Kier alpha value is -1.21. The minimum Gasteiger partial charge on any atom is -0.493 e. The summed E-state index contributed by atoms with van der Waals surface area (Å²) < 4.78 is 51.3. The summed E-state index contributed by atoms with van der Waals surface area (Å²) in [5.74, 6) is -1.47. The Labute approximate surface area is 108 Å². The molecular weight excluding hydrogens is 287 g/mol. The lowest BCUT2D eigenvalue weighted by Crippen LogP contribution is -2.17. The van der Waals surface area contributed by atoms with Gasteiger partial charge in [-0.1, -0.05) is 0 Å². The van der Waals surface area contributed by atoms with Gasteiger partial charge < -0.3 is 14.2 Å². The lowest BCUT2D eigenvalue weighted by atomic mass is 10.1. The van der Waals surface area contributed by atoms with Crippen molar-refractivity contribution in [1.29, 1.82) is 0 Å². The zero-order valence-electron chi connectivity index (χ0n) is 9.40. The Morgan fingerprint density at radius 2 is 2.11 bits per heavy atom. The van der Waals surface area contributed by atoms with Crippen LogP contribution in [0.4, 0.5) is 4.39 Å². The molecule has 0 aromatic heterocycles. The molecule has 0 radical (unpaired) electrons. The summed E-state index contributed by atoms with van der Waals surface area (Å²) in [6.45, 7) is 0.492. The molecule has 100 valence electrons. The van der Waals surface area contributed by atoms with Gasteiger partial charge in [-0.3, -0.25) is 0 Å². The second-order valence-electron chi connectivity index (χ2n) is 3.59. The normalized spacial score (nSPS) is 14.4. The molecule has 2 rings (SSSR count). The maximum Gasteiger partial charge on any atom is 0.236 e. The highest BCUT2D eigenvalue weighted by Gasteiger charge is 2.25. The Balaban J connectivity index is 2.55. The number of methoxy groups -OCH3 is 1. The number of benzene rings is 1. The maximum atomic E-state index is 14.0. The highest BCUT2D eigenvalue weighted by molar-refractivity contribution is 8.13. The molecule has 0 spiro atoms. The van der Waals surface area contributed by atoms with E-state index in [0.29, 0.717) is 0 Å². The van der Waals surface area contributed by atoms with Crippen LogP contribution in [0.2, 0.25) is 0 Å². The molecule has 1 heterocycles. The molecule has 0 amide bonds. The third-order valence-corrected chi connectivity index (χ3v) is 3.32. The van der Waals surface area contributed by atoms with E-state index in [9.17, 15) is 12.8 Å². The van der Waals surface area contributed by atoms with E-state index in [1.807, 2.05) is 0 Å². The summed E-state index contributed by atoms with van der Waals surface area (Å²) >= 11 is 0. The first-order chi connectivity index (χ1) is 8.42. The van der Waals surface area contributed by atoms with Gasteiger partial charge in [0.2, 0.25) is 20.6 Å². The fraction of sp³-hybridized carbons (Fsp3) is 0.400. The molecule has 0 saturated carbocycles. The minimum absolute atomic E-state index is 0.0752. The van der Waals surface area contributed by atoms with Gasteiger partial charge in [0.1, 0.15) is 13.2 Å². The van der Waals surface area contributed by atoms with E-state index in [4.69, 9.17) is 24.9 Å². The SMILES string of the molecule is COc1c(CS(=O)(=O)Cl)cc2c(c1F)OCCO2. The van der Waals surface area contributed by atoms with Crippen molar-refractivity contribution in [1.82, 2.24) is 0 Å². The summed E-state index contributed by atoms with van der Waals surface area (Å²) in [5, 5.41) is 0. The molecule has 0 aliphatic carbocycles. The Bertz CT molecular complexity index is 572. The van der Waals surface area contributed by atoms with E-state index >= 15 is 0 Å². The van der Waals surface area contributed by atoms with Crippen LogP contribution in [0.1, 0.15) is 5.56 Å². The topological polar surface area (TPSA) is 61.8 Å². The smallest absolute Gasteiger partial charge is 0.236 e. The number of fused-ring (bicyclic) bond motifs is 1. The first-order valence-corrected chi connectivity index (χ1v) is 7.47. The number of hydrogen-bond acceptors (Lipinski definition) is 5. The first-order valence-electron chi connectivity index (χ1n) is 4.99. The quantitative estimate of drug-likeness (QED) is 0.794. The van der Waals surface area contributed by atoms with Gasteiger partial charge in [0.05, 0.1) is 12.9 Å². The van der Waals surface area contributed by atoms with Crippen LogP contribution < -0.4 is 14.2 Å². The number of ether oxygens (including phenoxy) is 3. The molecule has 1 aliphatic rings. The fourth-order valence-electron chi connectivity index (χ4n) is 1.69. The van der Waals surface area contributed by atoms with E-state index < -0.39 is 20.6 Å². The molecule has 0 unspecified atom stereocenters. The van der Waals surface area contributed by atoms with Crippen molar-refractivity contribution in [3.8, 4) is 17.2 Å². The van der Waals surface area contributed by atoms with Crippen molar-refractivity contribution in [2.24, 2.45) is 0 Å².